The molecule has 1 unspecified atom stereocenters. The zero-order valence-electron chi connectivity index (χ0n) is 11.4. The normalized spacial score (nSPS) is 12.9. The molecule has 0 radical (unpaired) electrons. The Hall–Kier alpha value is -0.510. The standard InChI is InChI=1S/C15H25NOS/c1-13(2)15(14-7-4-3-5-8-14)16-9-12-18-11-6-10-17/h3-5,7-8,13,15-17H,6,9-12H2,1-2H3. The van der Waals surface area contributed by atoms with Crippen LogP contribution in [0.5, 0.6) is 0 Å². The Bertz CT molecular complexity index is 303. The molecular weight excluding hydrogens is 242 g/mol. The largest absolute Gasteiger partial charge is 0.396 e. The van der Waals surface area contributed by atoms with Crippen LogP contribution in [0.4, 0.5) is 0 Å². The molecule has 0 fully saturated rings. The highest BCUT2D eigenvalue weighted by Crippen LogP contribution is 2.21. The number of hydrogen-bond acceptors (Lipinski definition) is 3. The van der Waals surface area contributed by atoms with Crippen molar-refractivity contribution < 1.29 is 5.11 Å². The molecule has 0 bridgehead atoms. The van der Waals surface area contributed by atoms with Crippen molar-refractivity contribution in [1.29, 1.82) is 0 Å². The Morgan fingerprint density at radius 1 is 1.17 bits per heavy atom. The van der Waals surface area contributed by atoms with Crippen LogP contribution in [0.3, 0.4) is 0 Å². The Morgan fingerprint density at radius 3 is 2.50 bits per heavy atom. The first-order valence-electron chi connectivity index (χ1n) is 6.72. The lowest BCUT2D eigenvalue weighted by Crippen LogP contribution is -2.27. The Morgan fingerprint density at radius 2 is 1.89 bits per heavy atom. The fourth-order valence-corrected chi connectivity index (χ4v) is 2.75. The summed E-state index contributed by atoms with van der Waals surface area (Å²) in [4.78, 5) is 0. The fourth-order valence-electron chi connectivity index (χ4n) is 1.95. The zero-order chi connectivity index (χ0) is 13.2. The topological polar surface area (TPSA) is 32.3 Å². The van der Waals surface area contributed by atoms with Gasteiger partial charge in [0.1, 0.15) is 0 Å². The highest BCUT2D eigenvalue weighted by molar-refractivity contribution is 7.99. The minimum absolute atomic E-state index is 0.305. The molecule has 0 aliphatic rings. The van der Waals surface area contributed by atoms with Gasteiger partial charge in [-0.05, 0) is 23.7 Å². The third kappa shape index (κ3) is 5.89. The van der Waals surface area contributed by atoms with Crippen LogP contribution in [0.25, 0.3) is 0 Å². The molecule has 1 rings (SSSR count). The van der Waals surface area contributed by atoms with E-state index in [2.05, 4.69) is 49.5 Å². The van der Waals surface area contributed by atoms with Gasteiger partial charge >= 0.3 is 0 Å². The van der Waals surface area contributed by atoms with Gasteiger partial charge in [0.15, 0.2) is 0 Å². The minimum Gasteiger partial charge on any atom is -0.396 e. The van der Waals surface area contributed by atoms with Crippen molar-refractivity contribution >= 4 is 11.8 Å². The van der Waals surface area contributed by atoms with E-state index in [9.17, 15) is 0 Å². The van der Waals surface area contributed by atoms with Crippen molar-refractivity contribution in [1.82, 2.24) is 5.32 Å². The van der Waals surface area contributed by atoms with Crippen molar-refractivity contribution in [3.63, 3.8) is 0 Å². The Kier molecular flexibility index (Phi) is 8.14. The summed E-state index contributed by atoms with van der Waals surface area (Å²) in [6.07, 6.45) is 0.900. The van der Waals surface area contributed by atoms with Crippen molar-refractivity contribution in [2.24, 2.45) is 5.92 Å². The van der Waals surface area contributed by atoms with E-state index in [0.717, 1.165) is 24.5 Å². The van der Waals surface area contributed by atoms with Gasteiger partial charge in [0.05, 0.1) is 0 Å². The molecule has 0 aliphatic carbocycles. The zero-order valence-corrected chi connectivity index (χ0v) is 12.2. The van der Waals surface area contributed by atoms with Gasteiger partial charge in [-0.3, -0.25) is 0 Å². The van der Waals surface area contributed by atoms with Crippen LogP contribution < -0.4 is 5.32 Å². The first-order valence-corrected chi connectivity index (χ1v) is 7.88. The van der Waals surface area contributed by atoms with Crippen LogP contribution in [0.15, 0.2) is 30.3 Å². The molecule has 1 atom stereocenters. The third-order valence-corrected chi connectivity index (χ3v) is 3.95. The number of aliphatic hydroxyl groups is 1. The van der Waals surface area contributed by atoms with Gasteiger partial charge in [0, 0.05) is 24.9 Å². The summed E-state index contributed by atoms with van der Waals surface area (Å²) in [6, 6.07) is 11.1. The molecule has 0 saturated carbocycles. The van der Waals surface area contributed by atoms with Gasteiger partial charge in [-0.1, -0.05) is 44.2 Å². The molecule has 0 aliphatic heterocycles. The van der Waals surface area contributed by atoms with Gasteiger partial charge in [-0.25, -0.2) is 0 Å². The molecule has 0 spiro atoms. The van der Waals surface area contributed by atoms with Crippen molar-refractivity contribution in [3.8, 4) is 0 Å². The highest BCUT2D eigenvalue weighted by Gasteiger charge is 2.13. The summed E-state index contributed by atoms with van der Waals surface area (Å²) in [6.45, 7) is 5.83. The Labute approximate surface area is 115 Å². The summed E-state index contributed by atoms with van der Waals surface area (Å²) in [7, 11) is 0. The summed E-state index contributed by atoms with van der Waals surface area (Å²) in [5.41, 5.74) is 1.37. The van der Waals surface area contributed by atoms with Gasteiger partial charge in [0.25, 0.3) is 0 Å². The predicted molar refractivity (Wildman–Crippen MR) is 81.1 cm³/mol. The van der Waals surface area contributed by atoms with E-state index in [-0.39, 0.29) is 0 Å². The predicted octanol–water partition coefficient (Wildman–Crippen LogP) is 3.09. The molecule has 1 aromatic carbocycles. The molecule has 102 valence electrons. The van der Waals surface area contributed by atoms with Crippen LogP contribution in [0.1, 0.15) is 31.9 Å². The van der Waals surface area contributed by atoms with Gasteiger partial charge in [-0.15, -0.1) is 0 Å². The van der Waals surface area contributed by atoms with E-state index in [1.54, 1.807) is 0 Å². The summed E-state index contributed by atoms with van der Waals surface area (Å²) in [5.74, 6) is 2.75. The molecule has 2 nitrogen and oxygen atoms in total. The summed E-state index contributed by atoms with van der Waals surface area (Å²) < 4.78 is 0. The maximum Gasteiger partial charge on any atom is 0.0438 e. The quantitative estimate of drug-likeness (QED) is 0.674. The number of thioether (sulfide) groups is 1. The van der Waals surface area contributed by atoms with Crippen molar-refractivity contribution in [2.45, 2.75) is 26.3 Å². The van der Waals surface area contributed by atoms with E-state index in [0.29, 0.717) is 18.6 Å². The first kappa shape index (κ1) is 15.5. The van der Waals surface area contributed by atoms with E-state index in [1.165, 1.54) is 5.56 Å². The molecule has 18 heavy (non-hydrogen) atoms. The maximum absolute atomic E-state index is 8.70. The molecule has 2 N–H and O–H groups in total. The minimum atomic E-state index is 0.305. The lowest BCUT2D eigenvalue weighted by Gasteiger charge is -2.23. The van der Waals surface area contributed by atoms with Crippen LogP contribution in [0.2, 0.25) is 0 Å². The Balaban J connectivity index is 2.31. The molecule has 3 heteroatoms. The second kappa shape index (κ2) is 9.42. The van der Waals surface area contributed by atoms with Crippen LogP contribution >= 0.6 is 11.8 Å². The molecule has 0 heterocycles. The molecule has 1 aromatic rings. The summed E-state index contributed by atoms with van der Waals surface area (Å²) in [5, 5.41) is 12.3. The second-order valence-corrected chi connectivity index (χ2v) is 6.00. The smallest absolute Gasteiger partial charge is 0.0438 e. The van der Waals surface area contributed by atoms with E-state index in [1.807, 2.05) is 11.8 Å². The highest BCUT2D eigenvalue weighted by atomic mass is 32.2. The van der Waals surface area contributed by atoms with Gasteiger partial charge in [0.2, 0.25) is 0 Å². The third-order valence-electron chi connectivity index (χ3n) is 2.88. The lowest BCUT2D eigenvalue weighted by atomic mass is 9.96. The van der Waals surface area contributed by atoms with E-state index in [4.69, 9.17) is 5.11 Å². The number of nitrogens with one attached hydrogen (secondary N) is 1. The molecular formula is C15H25NOS. The second-order valence-electron chi connectivity index (χ2n) is 4.78. The monoisotopic (exact) mass is 267 g/mol. The number of aliphatic hydroxyl groups excluding tert-OH is 1. The molecule has 0 aromatic heterocycles. The number of benzene rings is 1. The lowest BCUT2D eigenvalue weighted by molar-refractivity contribution is 0.296. The van der Waals surface area contributed by atoms with Crippen molar-refractivity contribution in [3.05, 3.63) is 35.9 Å². The average Bonchev–Trinajstić information content (AvgIpc) is 2.38. The number of hydrogen-bond donors (Lipinski definition) is 2. The van der Waals surface area contributed by atoms with Crippen LogP contribution in [0, 0.1) is 5.92 Å². The summed E-state index contributed by atoms with van der Waals surface area (Å²) >= 11 is 1.90. The van der Waals surface area contributed by atoms with Crippen LogP contribution in [-0.4, -0.2) is 29.8 Å². The molecule has 0 amide bonds. The van der Waals surface area contributed by atoms with Gasteiger partial charge in [-0.2, -0.15) is 11.8 Å². The molecule has 0 saturated heterocycles. The maximum atomic E-state index is 8.70. The number of rotatable bonds is 9. The van der Waals surface area contributed by atoms with Crippen LogP contribution in [-0.2, 0) is 0 Å². The van der Waals surface area contributed by atoms with E-state index >= 15 is 0 Å². The van der Waals surface area contributed by atoms with Crippen molar-refractivity contribution in [2.75, 3.05) is 24.7 Å². The first-order chi connectivity index (χ1) is 8.75. The fraction of sp³-hybridized carbons (Fsp3) is 0.600. The average molecular weight is 267 g/mol. The van der Waals surface area contributed by atoms with E-state index < -0.39 is 0 Å². The van der Waals surface area contributed by atoms with Gasteiger partial charge < -0.3 is 10.4 Å². The SMILES string of the molecule is CC(C)C(NCCSCCCO)c1ccccc1.